The van der Waals surface area contributed by atoms with Crippen LogP contribution >= 0.6 is 11.6 Å². The van der Waals surface area contributed by atoms with Crippen LogP contribution in [0.5, 0.6) is 5.75 Å². The van der Waals surface area contributed by atoms with Crippen molar-refractivity contribution in [1.82, 2.24) is 0 Å². The second-order valence-corrected chi connectivity index (χ2v) is 9.18. The van der Waals surface area contributed by atoms with E-state index in [-0.39, 0.29) is 5.75 Å². The zero-order valence-electron chi connectivity index (χ0n) is 19.2. The van der Waals surface area contributed by atoms with Crippen LogP contribution in [0, 0.1) is 0 Å². The van der Waals surface area contributed by atoms with Crippen LogP contribution in [0.2, 0.25) is 5.02 Å². The van der Waals surface area contributed by atoms with Crippen molar-refractivity contribution in [2.24, 2.45) is 10.2 Å². The van der Waals surface area contributed by atoms with E-state index < -0.39 is 0 Å². The van der Waals surface area contributed by atoms with Crippen molar-refractivity contribution in [3.8, 4) is 5.75 Å². The van der Waals surface area contributed by atoms with Gasteiger partial charge in [0.15, 0.2) is 6.73 Å². The molecule has 170 valence electrons. The van der Waals surface area contributed by atoms with E-state index in [1.807, 2.05) is 18.2 Å². The second kappa shape index (κ2) is 13.5. The number of aromatic hydroxyl groups is 1. The average molecular weight is 447 g/mol. The maximum atomic E-state index is 10.3. The lowest BCUT2D eigenvalue weighted by Crippen LogP contribution is -2.40. The third-order valence-corrected chi connectivity index (χ3v) is 5.35. The summed E-state index contributed by atoms with van der Waals surface area (Å²) in [7, 11) is 4.21. The molecule has 2 aromatic rings. The Kier molecular flexibility index (Phi) is 11.0. The van der Waals surface area contributed by atoms with Crippen LogP contribution in [-0.2, 0) is 11.3 Å². The first-order valence-electron chi connectivity index (χ1n) is 11.3. The number of phenolic OH excluding ortho intramolecular Hbond substituents is 1. The fourth-order valence-electron chi connectivity index (χ4n) is 3.36. The van der Waals surface area contributed by atoms with Gasteiger partial charge in [-0.25, -0.2) is 0 Å². The molecule has 0 spiro atoms. The van der Waals surface area contributed by atoms with Gasteiger partial charge < -0.3 is 14.3 Å². The Hall–Kier alpha value is -1.95. The molecule has 0 fully saturated rings. The number of benzene rings is 2. The van der Waals surface area contributed by atoms with E-state index in [0.29, 0.717) is 28.5 Å². The summed E-state index contributed by atoms with van der Waals surface area (Å²) in [5, 5.41) is 19.5. The minimum Gasteiger partial charge on any atom is -0.507 e. The third-order valence-electron chi connectivity index (χ3n) is 5.10. The zero-order valence-corrected chi connectivity index (χ0v) is 19.9. The van der Waals surface area contributed by atoms with Gasteiger partial charge in [-0.3, -0.25) is 0 Å². The second-order valence-electron chi connectivity index (χ2n) is 8.74. The standard InChI is InChI=1S/C25H36ClN3O2/c1-4-5-6-7-8-9-10-17-31-20-29(2,3)19-21-18-24(15-16-25(21)30)28-27-23-13-11-22(26)12-14-23/h11-16,18H,4-10,17,19-20H2,1-3H3/p+1. The van der Waals surface area contributed by atoms with Gasteiger partial charge >= 0.3 is 0 Å². The van der Waals surface area contributed by atoms with Crippen LogP contribution in [0.15, 0.2) is 52.7 Å². The summed E-state index contributed by atoms with van der Waals surface area (Å²) in [6.45, 7) is 4.28. The highest BCUT2D eigenvalue weighted by Crippen LogP contribution is 2.27. The highest BCUT2D eigenvalue weighted by molar-refractivity contribution is 6.30. The van der Waals surface area contributed by atoms with Gasteiger partial charge in [-0.1, -0.05) is 57.0 Å². The summed E-state index contributed by atoms with van der Waals surface area (Å²) in [4.78, 5) is 0. The SMILES string of the molecule is CCCCCCCCCOC[N+](C)(C)Cc1cc(N=Nc2ccc(Cl)cc2)ccc1O. The molecule has 0 amide bonds. The number of unbranched alkanes of at least 4 members (excludes halogenated alkanes) is 6. The van der Waals surface area contributed by atoms with Gasteiger partial charge in [0, 0.05) is 5.02 Å². The Balaban J connectivity index is 1.80. The minimum atomic E-state index is 0.267. The molecule has 0 aliphatic heterocycles. The molecule has 0 saturated heterocycles. The quantitative estimate of drug-likeness (QED) is 0.139. The summed E-state index contributed by atoms with van der Waals surface area (Å²) in [6, 6.07) is 12.5. The van der Waals surface area contributed by atoms with Gasteiger partial charge in [-0.15, -0.1) is 0 Å². The maximum absolute atomic E-state index is 10.3. The molecule has 5 nitrogen and oxygen atoms in total. The molecule has 31 heavy (non-hydrogen) atoms. The smallest absolute Gasteiger partial charge is 0.182 e. The Morgan fingerprint density at radius 2 is 1.48 bits per heavy atom. The predicted molar refractivity (Wildman–Crippen MR) is 128 cm³/mol. The van der Waals surface area contributed by atoms with Crippen molar-refractivity contribution in [2.75, 3.05) is 27.4 Å². The van der Waals surface area contributed by atoms with Gasteiger partial charge in [0.1, 0.15) is 12.3 Å². The van der Waals surface area contributed by atoms with Gasteiger partial charge in [0.05, 0.1) is 37.6 Å². The first kappa shape index (κ1) is 25.3. The first-order valence-corrected chi connectivity index (χ1v) is 11.7. The number of halogens is 1. The number of phenols is 1. The number of hydrogen-bond donors (Lipinski definition) is 1. The summed E-state index contributed by atoms with van der Waals surface area (Å²) in [6.07, 6.45) is 8.96. The summed E-state index contributed by atoms with van der Waals surface area (Å²) in [5.74, 6) is 0.267. The lowest BCUT2D eigenvalue weighted by molar-refractivity contribution is -0.922. The van der Waals surface area contributed by atoms with Gasteiger partial charge in [-0.2, -0.15) is 10.2 Å². The fourth-order valence-corrected chi connectivity index (χ4v) is 3.49. The van der Waals surface area contributed by atoms with E-state index in [1.54, 1.807) is 24.3 Å². The molecule has 0 aliphatic rings. The molecule has 0 radical (unpaired) electrons. The van der Waals surface area contributed by atoms with Crippen molar-refractivity contribution in [3.63, 3.8) is 0 Å². The average Bonchev–Trinajstić information content (AvgIpc) is 2.74. The van der Waals surface area contributed by atoms with Crippen molar-refractivity contribution >= 4 is 23.0 Å². The van der Waals surface area contributed by atoms with Gasteiger partial charge in [-0.05, 0) is 48.9 Å². The first-order chi connectivity index (χ1) is 14.9. The highest BCUT2D eigenvalue weighted by atomic mass is 35.5. The number of quaternary nitrogens is 1. The fraction of sp³-hybridized carbons (Fsp3) is 0.520. The molecule has 0 bridgehead atoms. The van der Waals surface area contributed by atoms with Crippen LogP contribution in [0.3, 0.4) is 0 Å². The zero-order chi connectivity index (χ0) is 22.5. The molecule has 0 aliphatic carbocycles. The molecule has 6 heteroatoms. The van der Waals surface area contributed by atoms with Crippen LogP contribution in [-0.4, -0.2) is 37.0 Å². The van der Waals surface area contributed by atoms with Gasteiger partial charge in [0.2, 0.25) is 0 Å². The molecular weight excluding hydrogens is 410 g/mol. The normalized spacial score (nSPS) is 12.0. The van der Waals surface area contributed by atoms with Gasteiger partial charge in [0.25, 0.3) is 0 Å². The Labute approximate surface area is 192 Å². The molecule has 0 heterocycles. The van der Waals surface area contributed by atoms with Crippen molar-refractivity contribution < 1.29 is 14.3 Å². The highest BCUT2D eigenvalue weighted by Gasteiger charge is 2.18. The molecular formula is C25H37ClN3O2+. The number of azo groups is 1. The lowest BCUT2D eigenvalue weighted by Gasteiger charge is -2.29. The van der Waals surface area contributed by atoms with Crippen molar-refractivity contribution in [3.05, 3.63) is 53.1 Å². The summed E-state index contributed by atoms with van der Waals surface area (Å²) in [5.41, 5.74) is 2.26. The Morgan fingerprint density at radius 1 is 0.871 bits per heavy atom. The molecule has 0 saturated carbocycles. The van der Waals surface area contributed by atoms with E-state index >= 15 is 0 Å². The maximum Gasteiger partial charge on any atom is 0.182 e. The lowest BCUT2D eigenvalue weighted by atomic mass is 10.1. The van der Waals surface area contributed by atoms with Crippen molar-refractivity contribution in [1.29, 1.82) is 0 Å². The molecule has 0 atom stereocenters. The number of nitrogens with zero attached hydrogens (tertiary/aromatic N) is 3. The Morgan fingerprint density at radius 3 is 2.19 bits per heavy atom. The molecule has 0 aromatic heterocycles. The molecule has 2 rings (SSSR count). The van der Waals surface area contributed by atoms with Crippen molar-refractivity contribution in [2.45, 2.75) is 58.4 Å². The molecule has 2 aromatic carbocycles. The van der Waals surface area contributed by atoms with E-state index in [2.05, 4.69) is 31.2 Å². The van der Waals surface area contributed by atoms with Crippen LogP contribution in [0.25, 0.3) is 0 Å². The van der Waals surface area contributed by atoms with E-state index in [0.717, 1.165) is 24.3 Å². The number of rotatable bonds is 14. The monoisotopic (exact) mass is 446 g/mol. The largest absolute Gasteiger partial charge is 0.507 e. The van der Waals surface area contributed by atoms with E-state index in [1.165, 1.54) is 38.5 Å². The summed E-state index contributed by atoms with van der Waals surface area (Å²) >= 11 is 5.90. The number of ether oxygens (including phenoxy) is 1. The molecule has 1 N–H and O–H groups in total. The van der Waals surface area contributed by atoms with Crippen LogP contribution in [0.1, 0.15) is 57.4 Å². The van der Waals surface area contributed by atoms with E-state index in [9.17, 15) is 5.11 Å². The third kappa shape index (κ3) is 10.3. The van der Waals surface area contributed by atoms with Crippen LogP contribution < -0.4 is 0 Å². The number of hydrogen-bond acceptors (Lipinski definition) is 4. The van der Waals surface area contributed by atoms with Crippen LogP contribution in [0.4, 0.5) is 11.4 Å². The predicted octanol–water partition coefficient (Wildman–Crippen LogP) is 7.76. The minimum absolute atomic E-state index is 0.267. The topological polar surface area (TPSA) is 54.2 Å². The molecule has 0 unspecified atom stereocenters. The van der Waals surface area contributed by atoms with E-state index in [4.69, 9.17) is 16.3 Å². The summed E-state index contributed by atoms with van der Waals surface area (Å²) < 4.78 is 6.55. The Bertz CT molecular complexity index is 807.